The number of nitro groups is 1. The molecule has 0 saturated carbocycles. The van der Waals surface area contributed by atoms with Crippen LogP contribution in [0.5, 0.6) is 0 Å². The largest absolute Gasteiger partial charge is 0.364 e. The van der Waals surface area contributed by atoms with Crippen molar-refractivity contribution >= 4 is 23.4 Å². The van der Waals surface area contributed by atoms with Crippen molar-refractivity contribution in [2.75, 3.05) is 23.8 Å². The van der Waals surface area contributed by atoms with E-state index in [-0.39, 0.29) is 36.3 Å². The smallest absolute Gasteiger partial charge is 0.329 e. The van der Waals surface area contributed by atoms with Crippen molar-refractivity contribution in [1.29, 1.82) is 0 Å². The molecule has 19 heavy (non-hydrogen) atoms. The molecule has 0 atom stereocenters. The number of amides is 1. The monoisotopic (exact) mass is 269 g/mol. The molecule has 0 bridgehead atoms. The third kappa shape index (κ3) is 4.35. The number of nitrogen functional groups attached to an aromatic ring is 1. The van der Waals surface area contributed by atoms with Crippen LogP contribution in [0.4, 0.5) is 17.5 Å². The zero-order valence-corrected chi connectivity index (χ0v) is 10.3. The number of anilines is 2. The zero-order valence-electron chi connectivity index (χ0n) is 10.3. The molecule has 5 N–H and O–H groups in total. The number of rotatable bonds is 7. The Morgan fingerprint density at radius 1 is 1.58 bits per heavy atom. The Balaban J connectivity index is 2.69. The van der Waals surface area contributed by atoms with Gasteiger partial charge in [-0.05, 0) is 6.92 Å². The Morgan fingerprint density at radius 2 is 2.32 bits per heavy atom. The first kappa shape index (κ1) is 14.6. The van der Waals surface area contributed by atoms with Crippen LogP contribution in [-0.4, -0.2) is 33.9 Å². The first-order valence-electron chi connectivity index (χ1n) is 5.57. The maximum absolute atomic E-state index is 11.2. The number of hydrazine groups is 1. The molecule has 0 fully saturated rings. The number of carbonyl (C=O) groups is 1. The van der Waals surface area contributed by atoms with Gasteiger partial charge in [0.1, 0.15) is 6.20 Å². The average molecular weight is 269 g/mol. The van der Waals surface area contributed by atoms with Crippen molar-refractivity contribution in [2.45, 2.75) is 13.3 Å². The van der Waals surface area contributed by atoms with E-state index in [0.717, 1.165) is 6.20 Å². The maximum atomic E-state index is 11.2. The molecule has 1 aromatic heterocycles. The lowest BCUT2D eigenvalue weighted by molar-refractivity contribution is -0.384. The summed E-state index contributed by atoms with van der Waals surface area (Å²) in [6, 6.07) is 0. The normalized spacial score (nSPS) is 9.79. The van der Waals surface area contributed by atoms with Crippen LogP contribution in [0.3, 0.4) is 0 Å². The SMILES string of the molecule is CCNC(=O)CCNc1nc(NN)ncc1[N+](=O)[O-]. The molecule has 1 aromatic rings. The van der Waals surface area contributed by atoms with Gasteiger partial charge in [-0.2, -0.15) is 4.98 Å². The predicted octanol–water partition coefficient (Wildman–Crippen LogP) is -0.391. The summed E-state index contributed by atoms with van der Waals surface area (Å²) >= 11 is 0. The van der Waals surface area contributed by atoms with Crippen molar-refractivity contribution in [1.82, 2.24) is 15.3 Å². The summed E-state index contributed by atoms with van der Waals surface area (Å²) < 4.78 is 0. The van der Waals surface area contributed by atoms with Gasteiger partial charge in [0.25, 0.3) is 0 Å². The van der Waals surface area contributed by atoms with Crippen LogP contribution in [-0.2, 0) is 4.79 Å². The van der Waals surface area contributed by atoms with Crippen molar-refractivity contribution in [3.8, 4) is 0 Å². The van der Waals surface area contributed by atoms with Crippen LogP contribution >= 0.6 is 0 Å². The summed E-state index contributed by atoms with van der Waals surface area (Å²) in [7, 11) is 0. The highest BCUT2D eigenvalue weighted by molar-refractivity contribution is 5.76. The molecule has 10 heteroatoms. The number of carbonyl (C=O) groups excluding carboxylic acids is 1. The summed E-state index contributed by atoms with van der Waals surface area (Å²) in [5.74, 6) is 5.03. The first-order valence-corrected chi connectivity index (χ1v) is 5.57. The summed E-state index contributed by atoms with van der Waals surface area (Å²) in [5.41, 5.74) is 1.91. The second-order valence-corrected chi connectivity index (χ2v) is 3.46. The summed E-state index contributed by atoms with van der Waals surface area (Å²) in [6.45, 7) is 2.56. The van der Waals surface area contributed by atoms with Crippen LogP contribution in [0.2, 0.25) is 0 Å². The van der Waals surface area contributed by atoms with Gasteiger partial charge in [0, 0.05) is 19.5 Å². The zero-order chi connectivity index (χ0) is 14.3. The minimum Gasteiger partial charge on any atom is -0.364 e. The van der Waals surface area contributed by atoms with E-state index in [1.54, 1.807) is 6.92 Å². The molecule has 0 radical (unpaired) electrons. The molecule has 0 aliphatic heterocycles. The molecule has 0 unspecified atom stereocenters. The quantitative estimate of drug-likeness (QED) is 0.297. The molecule has 104 valence electrons. The number of hydrogen-bond donors (Lipinski definition) is 4. The van der Waals surface area contributed by atoms with Crippen LogP contribution in [0.15, 0.2) is 6.20 Å². The molecular weight excluding hydrogens is 254 g/mol. The first-order chi connectivity index (χ1) is 9.08. The fourth-order valence-corrected chi connectivity index (χ4v) is 1.29. The van der Waals surface area contributed by atoms with E-state index in [9.17, 15) is 14.9 Å². The van der Waals surface area contributed by atoms with Gasteiger partial charge < -0.3 is 10.6 Å². The van der Waals surface area contributed by atoms with E-state index in [4.69, 9.17) is 5.84 Å². The Labute approximate surface area is 108 Å². The highest BCUT2D eigenvalue weighted by Crippen LogP contribution is 2.21. The number of nitrogens with two attached hydrogens (primary N) is 1. The van der Waals surface area contributed by atoms with Gasteiger partial charge in [-0.3, -0.25) is 20.3 Å². The lowest BCUT2D eigenvalue weighted by atomic mass is 10.4. The summed E-state index contributed by atoms with van der Waals surface area (Å²) in [4.78, 5) is 28.9. The van der Waals surface area contributed by atoms with Crippen LogP contribution < -0.4 is 21.9 Å². The van der Waals surface area contributed by atoms with Crippen molar-refractivity contribution in [3.05, 3.63) is 16.3 Å². The van der Waals surface area contributed by atoms with Crippen molar-refractivity contribution in [3.63, 3.8) is 0 Å². The molecule has 0 aliphatic carbocycles. The van der Waals surface area contributed by atoms with Crippen LogP contribution in [0.25, 0.3) is 0 Å². The Kier molecular flexibility index (Phi) is 5.41. The predicted molar refractivity (Wildman–Crippen MR) is 68.3 cm³/mol. The van der Waals surface area contributed by atoms with Gasteiger partial charge in [-0.15, -0.1) is 0 Å². The molecular formula is C9H15N7O3. The molecule has 1 heterocycles. The minimum atomic E-state index is -0.616. The van der Waals surface area contributed by atoms with Gasteiger partial charge >= 0.3 is 5.69 Å². The van der Waals surface area contributed by atoms with Crippen LogP contribution in [0, 0.1) is 10.1 Å². The fraction of sp³-hybridized carbons (Fsp3) is 0.444. The third-order valence-corrected chi connectivity index (χ3v) is 2.11. The lowest BCUT2D eigenvalue weighted by Crippen LogP contribution is -2.25. The van der Waals surface area contributed by atoms with Gasteiger partial charge in [0.05, 0.1) is 4.92 Å². The second-order valence-electron chi connectivity index (χ2n) is 3.46. The Hall–Kier alpha value is -2.49. The molecule has 0 aromatic carbocycles. The van der Waals surface area contributed by atoms with Crippen LogP contribution in [0.1, 0.15) is 13.3 Å². The second kappa shape index (κ2) is 7.06. The van der Waals surface area contributed by atoms with Crippen molar-refractivity contribution < 1.29 is 9.72 Å². The topological polar surface area (TPSA) is 148 Å². The van der Waals surface area contributed by atoms with E-state index in [1.165, 1.54) is 0 Å². The Bertz CT molecular complexity index is 465. The molecule has 0 saturated heterocycles. The van der Waals surface area contributed by atoms with E-state index < -0.39 is 4.92 Å². The van der Waals surface area contributed by atoms with Gasteiger partial charge in [0.15, 0.2) is 0 Å². The van der Waals surface area contributed by atoms with E-state index >= 15 is 0 Å². The van der Waals surface area contributed by atoms with E-state index in [1.807, 2.05) is 0 Å². The average Bonchev–Trinajstić information content (AvgIpc) is 2.38. The number of nitrogens with zero attached hydrogens (tertiary/aromatic N) is 3. The third-order valence-electron chi connectivity index (χ3n) is 2.11. The highest BCUT2D eigenvalue weighted by Gasteiger charge is 2.16. The molecule has 0 aliphatic rings. The van der Waals surface area contributed by atoms with E-state index in [0.29, 0.717) is 6.54 Å². The number of aromatic nitrogens is 2. The number of nitrogens with one attached hydrogen (secondary N) is 3. The lowest BCUT2D eigenvalue weighted by Gasteiger charge is -2.07. The van der Waals surface area contributed by atoms with Gasteiger partial charge in [-0.1, -0.05) is 0 Å². The molecule has 1 rings (SSSR count). The maximum Gasteiger partial charge on any atom is 0.329 e. The standard InChI is InChI=1S/C9H15N7O3/c1-2-11-7(17)3-4-12-8-6(16(18)19)5-13-9(14-8)15-10/h5H,2-4,10H2,1H3,(H,11,17)(H2,12,13,14,15). The van der Waals surface area contributed by atoms with Crippen molar-refractivity contribution in [2.24, 2.45) is 5.84 Å². The molecule has 0 spiro atoms. The fourth-order valence-electron chi connectivity index (χ4n) is 1.29. The number of hydrogen-bond acceptors (Lipinski definition) is 8. The van der Waals surface area contributed by atoms with Gasteiger partial charge in [0.2, 0.25) is 17.7 Å². The van der Waals surface area contributed by atoms with E-state index in [2.05, 4.69) is 26.0 Å². The minimum absolute atomic E-state index is 0.0113. The molecule has 10 nitrogen and oxygen atoms in total. The Morgan fingerprint density at radius 3 is 2.89 bits per heavy atom. The summed E-state index contributed by atoms with van der Waals surface area (Å²) in [5, 5.41) is 16.1. The summed E-state index contributed by atoms with van der Waals surface area (Å²) in [6.07, 6.45) is 1.22. The highest BCUT2D eigenvalue weighted by atomic mass is 16.6. The molecule has 1 amide bonds. The van der Waals surface area contributed by atoms with Gasteiger partial charge in [-0.25, -0.2) is 10.8 Å².